The van der Waals surface area contributed by atoms with Crippen LogP contribution in [0.25, 0.3) is 11.3 Å². The highest BCUT2D eigenvalue weighted by Crippen LogP contribution is 2.33. The van der Waals surface area contributed by atoms with Gasteiger partial charge in [0, 0.05) is 27.5 Å². The van der Waals surface area contributed by atoms with Gasteiger partial charge in [0.1, 0.15) is 5.75 Å². The summed E-state index contributed by atoms with van der Waals surface area (Å²) in [7, 11) is 0. The molecule has 0 unspecified atom stereocenters. The average Bonchev–Trinajstić information content (AvgIpc) is 3.26. The van der Waals surface area contributed by atoms with Gasteiger partial charge in [-0.25, -0.2) is 4.68 Å². The highest BCUT2D eigenvalue weighted by Gasteiger charge is 2.17. The molecule has 1 amide bonds. The van der Waals surface area contributed by atoms with E-state index in [1.807, 2.05) is 76.9 Å². The number of nitrogens with one attached hydrogen (secondary N) is 1. The maximum atomic E-state index is 11.8. The second kappa shape index (κ2) is 10.2. The smallest absolute Gasteiger partial charge is 0.262 e. The van der Waals surface area contributed by atoms with Crippen molar-refractivity contribution in [3.63, 3.8) is 0 Å². The first-order valence-electron chi connectivity index (χ1n) is 10.8. The summed E-state index contributed by atoms with van der Waals surface area (Å²) in [5.74, 6) is 0.501. The van der Waals surface area contributed by atoms with Crippen molar-refractivity contribution in [2.45, 2.75) is 6.42 Å². The third-order valence-electron chi connectivity index (χ3n) is 5.30. The van der Waals surface area contributed by atoms with E-state index in [0.717, 1.165) is 32.5 Å². The van der Waals surface area contributed by atoms with E-state index in [9.17, 15) is 4.79 Å². The number of benzene rings is 3. The molecule has 6 nitrogen and oxygen atoms in total. The maximum Gasteiger partial charge on any atom is 0.262 e. The second-order valence-corrected chi connectivity index (χ2v) is 9.34. The standard InChI is InChI=1S/C26H21BrN4O2S/c27-21-9-5-4-8-20(21)15-29-31-23(19-10-11-24-22(14-19)30-25(32)16-33-24)17-34-26(31)28-13-12-18-6-2-1-3-7-18/h1-11,14-15,17H,12-13,16H2,(H,30,32). The zero-order valence-electron chi connectivity index (χ0n) is 18.1. The van der Waals surface area contributed by atoms with Crippen molar-refractivity contribution in [2.24, 2.45) is 10.1 Å². The van der Waals surface area contributed by atoms with Crippen LogP contribution in [0.4, 0.5) is 5.69 Å². The van der Waals surface area contributed by atoms with Gasteiger partial charge in [-0.05, 0) is 36.2 Å². The molecule has 1 aliphatic heterocycles. The first-order chi connectivity index (χ1) is 16.7. The summed E-state index contributed by atoms with van der Waals surface area (Å²) in [5.41, 5.74) is 4.66. The second-order valence-electron chi connectivity index (χ2n) is 7.65. The Morgan fingerprint density at radius 1 is 1.09 bits per heavy atom. The van der Waals surface area contributed by atoms with Crippen LogP contribution in [0.3, 0.4) is 0 Å². The van der Waals surface area contributed by atoms with E-state index in [1.54, 1.807) is 0 Å². The van der Waals surface area contributed by atoms with E-state index in [4.69, 9.17) is 14.8 Å². The Labute approximate surface area is 209 Å². The molecule has 0 bridgehead atoms. The summed E-state index contributed by atoms with van der Waals surface area (Å²) in [6.45, 7) is 0.689. The predicted octanol–water partition coefficient (Wildman–Crippen LogP) is 5.34. The summed E-state index contributed by atoms with van der Waals surface area (Å²) < 4.78 is 8.32. The fourth-order valence-corrected chi connectivity index (χ4v) is 4.84. The van der Waals surface area contributed by atoms with Gasteiger partial charge in [0.25, 0.3) is 5.91 Å². The number of hydrogen-bond acceptors (Lipinski definition) is 5. The van der Waals surface area contributed by atoms with Gasteiger partial charge in [0.15, 0.2) is 6.61 Å². The largest absolute Gasteiger partial charge is 0.482 e. The van der Waals surface area contributed by atoms with Gasteiger partial charge in [-0.1, -0.05) is 64.5 Å². The number of thiazole rings is 1. The molecule has 34 heavy (non-hydrogen) atoms. The van der Waals surface area contributed by atoms with Gasteiger partial charge < -0.3 is 10.1 Å². The summed E-state index contributed by atoms with van der Waals surface area (Å²) in [4.78, 5) is 17.4. The number of halogens is 1. The zero-order chi connectivity index (χ0) is 23.3. The van der Waals surface area contributed by atoms with E-state index in [0.29, 0.717) is 18.0 Å². The molecule has 4 aromatic rings. The summed E-state index contributed by atoms with van der Waals surface area (Å²) in [6, 6.07) is 24.0. The number of ether oxygens (including phenoxy) is 1. The molecule has 0 spiro atoms. The van der Waals surface area contributed by atoms with E-state index >= 15 is 0 Å². The molecule has 170 valence electrons. The molecule has 1 N–H and O–H groups in total. The monoisotopic (exact) mass is 532 g/mol. The Bertz CT molecular complexity index is 1430. The van der Waals surface area contributed by atoms with Crippen molar-refractivity contribution in [3.8, 4) is 17.0 Å². The minimum atomic E-state index is -0.161. The van der Waals surface area contributed by atoms with E-state index in [-0.39, 0.29) is 12.5 Å². The number of fused-ring (bicyclic) bond motifs is 1. The van der Waals surface area contributed by atoms with Crippen LogP contribution < -0.4 is 14.9 Å². The van der Waals surface area contributed by atoms with Gasteiger partial charge in [-0.2, -0.15) is 5.10 Å². The number of amides is 1. The van der Waals surface area contributed by atoms with Crippen LogP contribution in [-0.2, 0) is 11.2 Å². The Kier molecular flexibility index (Phi) is 6.69. The Balaban J connectivity index is 1.52. The van der Waals surface area contributed by atoms with Crippen molar-refractivity contribution < 1.29 is 9.53 Å². The number of carbonyl (C=O) groups is 1. The van der Waals surface area contributed by atoms with Crippen molar-refractivity contribution in [1.82, 2.24) is 4.68 Å². The van der Waals surface area contributed by atoms with Crippen LogP contribution in [0.5, 0.6) is 5.75 Å². The summed E-state index contributed by atoms with van der Waals surface area (Å²) >= 11 is 5.12. The lowest BCUT2D eigenvalue weighted by atomic mass is 10.1. The number of aromatic nitrogens is 1. The number of anilines is 1. The Hall–Kier alpha value is -3.49. The van der Waals surface area contributed by atoms with Crippen LogP contribution in [-0.4, -0.2) is 29.9 Å². The molecule has 0 saturated carbocycles. The fourth-order valence-electron chi connectivity index (χ4n) is 3.59. The highest BCUT2D eigenvalue weighted by atomic mass is 79.9. The lowest BCUT2D eigenvalue weighted by molar-refractivity contribution is -0.118. The maximum absolute atomic E-state index is 11.8. The molecule has 0 atom stereocenters. The molecule has 0 saturated heterocycles. The van der Waals surface area contributed by atoms with Gasteiger partial charge in [-0.3, -0.25) is 9.79 Å². The number of rotatable bonds is 6. The molecule has 2 heterocycles. The molecule has 5 rings (SSSR count). The molecule has 8 heteroatoms. The van der Waals surface area contributed by atoms with Gasteiger partial charge >= 0.3 is 0 Å². The number of carbonyl (C=O) groups excluding carboxylic acids is 1. The number of nitrogens with zero attached hydrogens (tertiary/aromatic N) is 3. The third kappa shape index (κ3) is 5.03. The molecular formula is C26H21BrN4O2S. The van der Waals surface area contributed by atoms with Crippen LogP contribution in [0.15, 0.2) is 92.7 Å². The van der Waals surface area contributed by atoms with Crippen molar-refractivity contribution in [2.75, 3.05) is 18.5 Å². The quantitative estimate of drug-likeness (QED) is 0.340. The molecular weight excluding hydrogens is 512 g/mol. The zero-order valence-corrected chi connectivity index (χ0v) is 20.6. The van der Waals surface area contributed by atoms with Gasteiger partial charge in [0.05, 0.1) is 17.6 Å². The summed E-state index contributed by atoms with van der Waals surface area (Å²) in [5, 5.41) is 9.70. The SMILES string of the molecule is O=C1COc2ccc(-c3csc(=NCCc4ccccc4)n3N=Cc3ccccc3Br)cc2N1. The van der Waals surface area contributed by atoms with Crippen LogP contribution in [0, 0.1) is 0 Å². The van der Waals surface area contributed by atoms with Crippen LogP contribution >= 0.6 is 27.3 Å². The first-order valence-corrected chi connectivity index (χ1v) is 12.5. The van der Waals surface area contributed by atoms with Crippen molar-refractivity contribution in [3.05, 3.63) is 98.6 Å². The molecule has 3 aromatic carbocycles. The molecule has 1 aliphatic rings. The third-order valence-corrected chi connectivity index (χ3v) is 6.88. The molecule has 1 aromatic heterocycles. The molecule has 0 fully saturated rings. The normalized spacial score (nSPS) is 13.6. The van der Waals surface area contributed by atoms with E-state index < -0.39 is 0 Å². The minimum absolute atomic E-state index is 0.0332. The first kappa shape index (κ1) is 22.3. The lowest BCUT2D eigenvalue weighted by Crippen LogP contribution is -2.25. The van der Waals surface area contributed by atoms with Crippen LogP contribution in [0.2, 0.25) is 0 Å². The van der Waals surface area contributed by atoms with Crippen molar-refractivity contribution >= 4 is 45.1 Å². The topological polar surface area (TPSA) is 68.0 Å². The van der Waals surface area contributed by atoms with Gasteiger partial charge in [-0.15, -0.1) is 11.3 Å². The lowest BCUT2D eigenvalue weighted by Gasteiger charge is -2.18. The molecule has 0 radical (unpaired) electrons. The van der Waals surface area contributed by atoms with Crippen LogP contribution in [0.1, 0.15) is 11.1 Å². The Morgan fingerprint density at radius 3 is 2.76 bits per heavy atom. The minimum Gasteiger partial charge on any atom is -0.482 e. The highest BCUT2D eigenvalue weighted by molar-refractivity contribution is 9.10. The Morgan fingerprint density at radius 2 is 1.91 bits per heavy atom. The van der Waals surface area contributed by atoms with Crippen molar-refractivity contribution in [1.29, 1.82) is 0 Å². The predicted molar refractivity (Wildman–Crippen MR) is 140 cm³/mol. The fraction of sp³-hybridized carbons (Fsp3) is 0.115. The van der Waals surface area contributed by atoms with Gasteiger partial charge in [0.2, 0.25) is 4.80 Å². The summed E-state index contributed by atoms with van der Waals surface area (Å²) in [6.07, 6.45) is 2.67. The van der Waals surface area contributed by atoms with E-state index in [1.165, 1.54) is 16.9 Å². The molecule has 0 aliphatic carbocycles. The van der Waals surface area contributed by atoms with E-state index in [2.05, 4.69) is 33.4 Å². The number of hydrogen-bond donors (Lipinski definition) is 1. The average molecular weight is 533 g/mol.